The Morgan fingerprint density at radius 1 is 0.881 bits per heavy atom. The van der Waals surface area contributed by atoms with E-state index in [0.29, 0.717) is 5.92 Å². The van der Waals surface area contributed by atoms with E-state index in [4.69, 9.17) is 15.2 Å². The van der Waals surface area contributed by atoms with Crippen LogP contribution in [0.3, 0.4) is 0 Å². The number of hydrogen-bond donors (Lipinski definition) is 1. The van der Waals surface area contributed by atoms with Crippen LogP contribution in [-0.4, -0.2) is 18.1 Å². The third-order valence-corrected chi connectivity index (χ3v) is 10.6. The van der Waals surface area contributed by atoms with Gasteiger partial charge in [0.2, 0.25) is 0 Å². The molecule has 2 aliphatic rings. The van der Waals surface area contributed by atoms with Crippen molar-refractivity contribution in [2.75, 3.05) is 6.54 Å². The molecular formula is C37H64ClNO3. The van der Waals surface area contributed by atoms with Crippen LogP contribution in [0, 0.1) is 50.4 Å². The zero-order valence-electron chi connectivity index (χ0n) is 28.4. The predicted molar refractivity (Wildman–Crippen MR) is 180 cm³/mol. The van der Waals surface area contributed by atoms with E-state index in [9.17, 15) is 4.79 Å². The first kappa shape index (κ1) is 36.9. The topological polar surface area (TPSA) is 61.5 Å². The number of fused-ring (bicyclic) bond motifs is 1. The summed E-state index contributed by atoms with van der Waals surface area (Å²) in [7, 11) is 0. The quantitative estimate of drug-likeness (QED) is 0.159. The fraction of sp³-hybridized carbons (Fsp3) is 0.811. The van der Waals surface area contributed by atoms with Crippen molar-refractivity contribution in [3.8, 4) is 11.5 Å². The minimum atomic E-state index is -0.124. The molecule has 1 aliphatic heterocycles. The minimum Gasteiger partial charge on any atom is -0.487 e. The Balaban J connectivity index is 0.00000616. The second-order valence-corrected chi connectivity index (χ2v) is 14.8. The molecule has 3 rings (SSSR count). The molecule has 0 spiro atoms. The molecule has 3 atom stereocenters. The lowest BCUT2D eigenvalue weighted by molar-refractivity contribution is -0.140. The zero-order chi connectivity index (χ0) is 30.2. The molecule has 0 amide bonds. The highest BCUT2D eigenvalue weighted by Gasteiger charge is 2.35. The first-order chi connectivity index (χ1) is 19.4. The third-order valence-electron chi connectivity index (χ3n) is 10.6. The van der Waals surface area contributed by atoms with Crippen molar-refractivity contribution in [1.29, 1.82) is 0 Å². The highest BCUT2D eigenvalue weighted by molar-refractivity contribution is 5.85. The molecule has 1 heterocycles. The van der Waals surface area contributed by atoms with Gasteiger partial charge in [-0.2, -0.15) is 0 Å². The second kappa shape index (κ2) is 17.3. The fourth-order valence-corrected chi connectivity index (χ4v) is 7.23. The Morgan fingerprint density at radius 2 is 1.45 bits per heavy atom. The van der Waals surface area contributed by atoms with Gasteiger partial charge in [0.1, 0.15) is 17.1 Å². The summed E-state index contributed by atoms with van der Waals surface area (Å²) >= 11 is 0. The number of esters is 1. The molecule has 0 unspecified atom stereocenters. The molecule has 4 nitrogen and oxygen atoms in total. The molecule has 0 radical (unpaired) electrons. The lowest BCUT2D eigenvalue weighted by Crippen LogP contribution is -2.37. The van der Waals surface area contributed by atoms with E-state index in [0.717, 1.165) is 97.4 Å². The monoisotopic (exact) mass is 605 g/mol. The van der Waals surface area contributed by atoms with E-state index in [2.05, 4.69) is 55.4 Å². The maximum Gasteiger partial charge on any atom is 0.314 e. The van der Waals surface area contributed by atoms with Gasteiger partial charge in [-0.25, -0.2) is 0 Å². The van der Waals surface area contributed by atoms with Crippen LogP contribution < -0.4 is 15.2 Å². The molecule has 5 heteroatoms. The molecule has 42 heavy (non-hydrogen) atoms. The average Bonchev–Trinajstić information content (AvgIpc) is 2.93. The van der Waals surface area contributed by atoms with Gasteiger partial charge in [-0.15, -0.1) is 12.4 Å². The standard InChI is InChI=1S/C37H63NO3.ClH/c1-25(2)12-9-13-26(3)14-10-15-27(4)16-11-22-37(8)23-21-33-30(7)34(28(5)29(6)35(33)41-37)40-36(39)32-19-17-31(24-38)18-20-32;/h25-27,31-32H,9-24,38H2,1-8H3;1H/t26-,27-,31?,32?,37-;/m1./s1. The van der Waals surface area contributed by atoms with Crippen molar-refractivity contribution in [2.45, 2.75) is 157 Å². The number of nitrogens with two attached hydrogens (primary N) is 1. The van der Waals surface area contributed by atoms with Gasteiger partial charge in [0.05, 0.1) is 5.92 Å². The molecule has 0 aromatic heterocycles. The molecule has 1 saturated carbocycles. The molecule has 1 aliphatic carbocycles. The van der Waals surface area contributed by atoms with Crippen molar-refractivity contribution >= 4 is 18.4 Å². The summed E-state index contributed by atoms with van der Waals surface area (Å²) in [6, 6.07) is 0. The normalized spacial score (nSPS) is 23.5. The molecule has 1 aromatic rings. The van der Waals surface area contributed by atoms with Gasteiger partial charge < -0.3 is 15.2 Å². The van der Waals surface area contributed by atoms with Gasteiger partial charge in [0, 0.05) is 5.56 Å². The van der Waals surface area contributed by atoms with Crippen molar-refractivity contribution in [3.05, 3.63) is 22.3 Å². The van der Waals surface area contributed by atoms with Crippen LogP contribution in [0.15, 0.2) is 0 Å². The zero-order valence-corrected chi connectivity index (χ0v) is 29.2. The van der Waals surface area contributed by atoms with Gasteiger partial charge >= 0.3 is 5.97 Å². The molecular weight excluding hydrogens is 542 g/mol. The maximum absolute atomic E-state index is 13.1. The molecule has 1 aromatic carbocycles. The van der Waals surface area contributed by atoms with Crippen LogP contribution in [0.4, 0.5) is 0 Å². The summed E-state index contributed by atoms with van der Waals surface area (Å²) in [6.07, 6.45) is 17.7. The van der Waals surface area contributed by atoms with Gasteiger partial charge in [0.15, 0.2) is 0 Å². The third kappa shape index (κ3) is 10.4. The lowest BCUT2D eigenvalue weighted by atomic mass is 9.82. The maximum atomic E-state index is 13.1. The van der Waals surface area contributed by atoms with E-state index in [-0.39, 0.29) is 29.9 Å². The summed E-state index contributed by atoms with van der Waals surface area (Å²) in [5, 5.41) is 0. The van der Waals surface area contributed by atoms with Crippen LogP contribution in [0.2, 0.25) is 0 Å². The number of hydrogen-bond acceptors (Lipinski definition) is 4. The van der Waals surface area contributed by atoms with Gasteiger partial charge in [0.25, 0.3) is 0 Å². The van der Waals surface area contributed by atoms with Crippen LogP contribution in [0.25, 0.3) is 0 Å². The minimum absolute atomic E-state index is 0. The van der Waals surface area contributed by atoms with E-state index in [1.165, 1.54) is 56.9 Å². The summed E-state index contributed by atoms with van der Waals surface area (Å²) < 4.78 is 12.9. The molecule has 0 bridgehead atoms. The number of carbonyl (C=O) groups is 1. The van der Waals surface area contributed by atoms with Crippen LogP contribution in [-0.2, 0) is 11.2 Å². The number of ether oxygens (including phenoxy) is 2. The van der Waals surface area contributed by atoms with Crippen molar-refractivity contribution in [3.63, 3.8) is 0 Å². The van der Waals surface area contributed by atoms with Crippen molar-refractivity contribution in [2.24, 2.45) is 35.3 Å². The molecule has 242 valence electrons. The van der Waals surface area contributed by atoms with Crippen LogP contribution in [0.5, 0.6) is 11.5 Å². The SMILES string of the molecule is Cc1c(C)c2c(c(C)c1OC(=O)C1CCC(CN)CC1)CC[C@@](C)(CCC[C@H](C)CCC[C@H](C)CCCC(C)C)O2.Cl. The Morgan fingerprint density at radius 3 is 2.02 bits per heavy atom. The number of halogens is 1. The fourth-order valence-electron chi connectivity index (χ4n) is 7.23. The average molecular weight is 606 g/mol. The molecule has 1 fully saturated rings. The first-order valence-corrected chi connectivity index (χ1v) is 17.2. The van der Waals surface area contributed by atoms with E-state index in [1.54, 1.807) is 0 Å². The highest BCUT2D eigenvalue weighted by atomic mass is 35.5. The highest BCUT2D eigenvalue weighted by Crippen LogP contribution is 2.45. The van der Waals surface area contributed by atoms with E-state index >= 15 is 0 Å². The van der Waals surface area contributed by atoms with E-state index in [1.807, 2.05) is 0 Å². The lowest BCUT2D eigenvalue weighted by Gasteiger charge is -2.38. The Kier molecular flexibility index (Phi) is 15.2. The summed E-state index contributed by atoms with van der Waals surface area (Å²) in [5.41, 5.74) is 10.2. The van der Waals surface area contributed by atoms with E-state index < -0.39 is 0 Å². The first-order valence-electron chi connectivity index (χ1n) is 17.2. The van der Waals surface area contributed by atoms with Crippen LogP contribution in [0.1, 0.15) is 147 Å². The number of carbonyl (C=O) groups excluding carboxylic acids is 1. The second-order valence-electron chi connectivity index (χ2n) is 14.8. The summed E-state index contributed by atoms with van der Waals surface area (Å²) in [4.78, 5) is 13.1. The summed E-state index contributed by atoms with van der Waals surface area (Å²) in [5.74, 6) is 4.77. The van der Waals surface area contributed by atoms with Crippen molar-refractivity contribution in [1.82, 2.24) is 0 Å². The Hall–Kier alpha value is -1.26. The Bertz CT molecular complexity index is 984. The largest absolute Gasteiger partial charge is 0.487 e. The Labute approximate surface area is 265 Å². The number of rotatable bonds is 15. The van der Waals surface area contributed by atoms with Gasteiger partial charge in [-0.1, -0.05) is 72.6 Å². The molecule has 0 saturated heterocycles. The van der Waals surface area contributed by atoms with Crippen LogP contribution >= 0.6 is 12.4 Å². The summed E-state index contributed by atoms with van der Waals surface area (Å²) in [6.45, 7) is 18.9. The van der Waals surface area contributed by atoms with Gasteiger partial charge in [-0.05, 0) is 126 Å². The predicted octanol–water partition coefficient (Wildman–Crippen LogP) is 10.2. The molecule has 2 N–H and O–H groups in total. The van der Waals surface area contributed by atoms with Crippen molar-refractivity contribution < 1.29 is 14.3 Å². The van der Waals surface area contributed by atoms with Gasteiger partial charge in [-0.3, -0.25) is 4.79 Å². The smallest absolute Gasteiger partial charge is 0.314 e. The number of benzene rings is 1.